The maximum Gasteiger partial charge on any atom is 0.355 e. The Bertz CT molecular complexity index is 410. The van der Waals surface area contributed by atoms with Gasteiger partial charge in [-0.2, -0.15) is 0 Å². The van der Waals surface area contributed by atoms with Gasteiger partial charge >= 0.3 is 17.2 Å². The van der Waals surface area contributed by atoms with Gasteiger partial charge in [-0.1, -0.05) is 6.58 Å². The Balaban J connectivity index is 3.47. The van der Waals surface area contributed by atoms with Gasteiger partial charge in [0.2, 0.25) is 0 Å². The van der Waals surface area contributed by atoms with Crippen molar-refractivity contribution in [3.8, 4) is 0 Å². The third kappa shape index (κ3) is 1.95. The van der Waals surface area contributed by atoms with Crippen LogP contribution in [0.25, 0.3) is 0 Å². The Hall–Kier alpha value is -2.06. The van der Waals surface area contributed by atoms with E-state index in [0.29, 0.717) is 0 Å². The van der Waals surface area contributed by atoms with E-state index < -0.39 is 27.0 Å². The average molecular weight is 242 g/mol. The number of nitrogens with zero attached hydrogens (tertiary/aromatic N) is 2. The van der Waals surface area contributed by atoms with E-state index in [4.69, 9.17) is 9.47 Å². The number of hydrogen-bond acceptors (Lipinski definition) is 6. The standard InChI is InChI=1S/C9H10N2O6/c1-6-4-7(10(12)13)9(16-2,17-3)8(5-6)11(14)15/h4-5H,1H2,2-3H3. The largest absolute Gasteiger partial charge is 0.355 e. The first-order chi connectivity index (χ1) is 7.89. The average Bonchev–Trinajstić information content (AvgIpc) is 2.28. The number of hydrogen-bond donors (Lipinski definition) is 0. The van der Waals surface area contributed by atoms with Crippen LogP contribution in [0.2, 0.25) is 0 Å². The van der Waals surface area contributed by atoms with Gasteiger partial charge in [0.1, 0.15) is 0 Å². The Labute approximate surface area is 96.1 Å². The molecule has 0 unspecified atom stereocenters. The molecule has 1 aliphatic rings. The third-order valence-corrected chi connectivity index (χ3v) is 2.29. The predicted molar refractivity (Wildman–Crippen MR) is 56.0 cm³/mol. The summed E-state index contributed by atoms with van der Waals surface area (Å²) in [6.45, 7) is 3.44. The van der Waals surface area contributed by atoms with E-state index in [1.54, 1.807) is 0 Å². The summed E-state index contributed by atoms with van der Waals surface area (Å²) in [5.41, 5.74) is -1.03. The maximum absolute atomic E-state index is 10.9. The van der Waals surface area contributed by atoms with Crippen LogP contribution in [0, 0.1) is 20.2 Å². The van der Waals surface area contributed by atoms with Gasteiger partial charge in [0.05, 0.1) is 9.85 Å². The summed E-state index contributed by atoms with van der Waals surface area (Å²) < 4.78 is 9.68. The molecule has 0 heterocycles. The molecule has 0 saturated heterocycles. The molecule has 17 heavy (non-hydrogen) atoms. The fraction of sp³-hybridized carbons (Fsp3) is 0.333. The molecule has 8 heteroatoms. The topological polar surface area (TPSA) is 105 Å². The molecule has 1 rings (SSSR count). The van der Waals surface area contributed by atoms with E-state index in [9.17, 15) is 20.2 Å². The van der Waals surface area contributed by atoms with E-state index in [1.165, 1.54) is 0 Å². The van der Waals surface area contributed by atoms with E-state index >= 15 is 0 Å². The van der Waals surface area contributed by atoms with Crippen LogP contribution in [0.3, 0.4) is 0 Å². The summed E-state index contributed by atoms with van der Waals surface area (Å²) in [6, 6.07) is 0. The zero-order chi connectivity index (χ0) is 13.2. The molecule has 0 spiro atoms. The fourth-order valence-electron chi connectivity index (χ4n) is 1.56. The minimum Gasteiger partial charge on any atom is -0.336 e. The molecular formula is C9H10N2O6. The lowest BCUT2D eigenvalue weighted by Crippen LogP contribution is -2.45. The van der Waals surface area contributed by atoms with Crippen molar-refractivity contribution in [1.82, 2.24) is 0 Å². The highest BCUT2D eigenvalue weighted by atomic mass is 16.7. The highest BCUT2D eigenvalue weighted by Crippen LogP contribution is 2.36. The van der Waals surface area contributed by atoms with Crippen molar-refractivity contribution in [1.29, 1.82) is 0 Å². The summed E-state index contributed by atoms with van der Waals surface area (Å²) in [5, 5.41) is 21.8. The molecule has 8 nitrogen and oxygen atoms in total. The van der Waals surface area contributed by atoms with Crippen molar-refractivity contribution in [3.63, 3.8) is 0 Å². The molecule has 0 atom stereocenters. The molecule has 0 N–H and O–H groups in total. The quantitative estimate of drug-likeness (QED) is 0.411. The number of rotatable bonds is 4. The zero-order valence-corrected chi connectivity index (χ0v) is 9.21. The highest BCUT2D eigenvalue weighted by Gasteiger charge is 2.56. The van der Waals surface area contributed by atoms with E-state index in [2.05, 4.69) is 6.58 Å². The van der Waals surface area contributed by atoms with Gasteiger partial charge in [0, 0.05) is 26.4 Å². The summed E-state index contributed by atoms with van der Waals surface area (Å²) >= 11 is 0. The van der Waals surface area contributed by atoms with Crippen LogP contribution in [0.15, 0.2) is 35.7 Å². The second-order valence-corrected chi connectivity index (χ2v) is 3.17. The molecule has 0 aromatic rings. The van der Waals surface area contributed by atoms with Crippen LogP contribution in [-0.4, -0.2) is 29.9 Å². The van der Waals surface area contributed by atoms with Gasteiger partial charge in [-0.3, -0.25) is 20.2 Å². The summed E-state index contributed by atoms with van der Waals surface area (Å²) in [5.74, 6) is -2.12. The molecule has 0 fully saturated rings. The lowest BCUT2D eigenvalue weighted by molar-refractivity contribution is -0.501. The fourth-order valence-corrected chi connectivity index (χ4v) is 1.56. The maximum atomic E-state index is 10.9. The predicted octanol–water partition coefficient (Wildman–Crippen LogP) is 0.866. The number of ether oxygens (including phenoxy) is 2. The normalized spacial score (nSPS) is 18.4. The lowest BCUT2D eigenvalue weighted by atomic mass is 9.99. The molecule has 0 aromatic heterocycles. The van der Waals surface area contributed by atoms with Crippen LogP contribution < -0.4 is 0 Å². The molecule has 0 amide bonds. The lowest BCUT2D eigenvalue weighted by Gasteiger charge is -2.26. The number of methoxy groups -OCH3 is 2. The third-order valence-electron chi connectivity index (χ3n) is 2.29. The Kier molecular flexibility index (Phi) is 3.39. The van der Waals surface area contributed by atoms with E-state index in [0.717, 1.165) is 26.4 Å². The minimum atomic E-state index is -2.12. The molecular weight excluding hydrogens is 232 g/mol. The van der Waals surface area contributed by atoms with E-state index in [1.807, 2.05) is 0 Å². The van der Waals surface area contributed by atoms with E-state index in [-0.39, 0.29) is 5.57 Å². The van der Waals surface area contributed by atoms with Crippen LogP contribution in [0.4, 0.5) is 0 Å². The smallest absolute Gasteiger partial charge is 0.336 e. The Morgan fingerprint density at radius 3 is 1.71 bits per heavy atom. The molecule has 0 saturated carbocycles. The molecule has 0 aliphatic heterocycles. The number of nitro groups is 2. The Morgan fingerprint density at radius 1 is 1.12 bits per heavy atom. The van der Waals surface area contributed by atoms with Crippen molar-refractivity contribution >= 4 is 0 Å². The van der Waals surface area contributed by atoms with Gasteiger partial charge in [0.15, 0.2) is 0 Å². The van der Waals surface area contributed by atoms with Gasteiger partial charge < -0.3 is 9.47 Å². The zero-order valence-electron chi connectivity index (χ0n) is 9.21. The monoisotopic (exact) mass is 242 g/mol. The van der Waals surface area contributed by atoms with Crippen LogP contribution >= 0.6 is 0 Å². The summed E-state index contributed by atoms with van der Waals surface area (Å²) in [6.07, 6.45) is 2.14. The summed E-state index contributed by atoms with van der Waals surface area (Å²) in [7, 11) is 2.18. The molecule has 1 aliphatic carbocycles. The van der Waals surface area contributed by atoms with Gasteiger partial charge in [0.25, 0.3) is 0 Å². The van der Waals surface area contributed by atoms with Crippen molar-refractivity contribution in [2.75, 3.05) is 14.2 Å². The minimum absolute atomic E-state index is 0.133. The first kappa shape index (κ1) is 13.0. The van der Waals surface area contributed by atoms with Crippen molar-refractivity contribution in [2.45, 2.75) is 5.79 Å². The van der Waals surface area contributed by atoms with Gasteiger partial charge in [-0.05, 0) is 5.57 Å². The Morgan fingerprint density at radius 2 is 1.47 bits per heavy atom. The van der Waals surface area contributed by atoms with Crippen molar-refractivity contribution in [2.24, 2.45) is 0 Å². The molecule has 0 aromatic carbocycles. The van der Waals surface area contributed by atoms with Crippen LogP contribution in [0.5, 0.6) is 0 Å². The highest BCUT2D eigenvalue weighted by molar-refractivity contribution is 5.41. The molecule has 92 valence electrons. The second kappa shape index (κ2) is 4.44. The van der Waals surface area contributed by atoms with Gasteiger partial charge in [-0.25, -0.2) is 0 Å². The first-order valence-electron chi connectivity index (χ1n) is 4.41. The molecule has 0 radical (unpaired) electrons. The van der Waals surface area contributed by atoms with Crippen molar-refractivity contribution < 1.29 is 19.3 Å². The van der Waals surface area contributed by atoms with Crippen LogP contribution in [0.1, 0.15) is 0 Å². The SMILES string of the molecule is C=C1C=C([N+](=O)[O-])C(OC)(OC)C([N+](=O)[O-])=C1. The first-order valence-corrected chi connectivity index (χ1v) is 4.41. The van der Waals surface area contributed by atoms with Gasteiger partial charge in [-0.15, -0.1) is 0 Å². The van der Waals surface area contributed by atoms with Crippen LogP contribution in [-0.2, 0) is 9.47 Å². The number of allylic oxidation sites excluding steroid dienone is 3. The van der Waals surface area contributed by atoms with Crippen molar-refractivity contribution in [3.05, 3.63) is 55.9 Å². The summed E-state index contributed by atoms with van der Waals surface area (Å²) in [4.78, 5) is 20.2. The molecule has 0 bridgehead atoms. The second-order valence-electron chi connectivity index (χ2n) is 3.17.